The number of anilines is 2. The van der Waals surface area contributed by atoms with Crippen LogP contribution in [0.2, 0.25) is 0 Å². The van der Waals surface area contributed by atoms with Gasteiger partial charge in [0.1, 0.15) is 5.75 Å². The van der Waals surface area contributed by atoms with E-state index >= 15 is 0 Å². The topological polar surface area (TPSA) is 87.7 Å². The van der Waals surface area contributed by atoms with E-state index in [0.29, 0.717) is 30.4 Å². The maximum Gasteiger partial charge on any atom is 0.262 e. The van der Waals surface area contributed by atoms with E-state index in [1.54, 1.807) is 29.2 Å². The van der Waals surface area contributed by atoms with E-state index in [0.717, 1.165) is 27.9 Å². The van der Waals surface area contributed by atoms with Gasteiger partial charge in [0.05, 0.1) is 5.92 Å². The van der Waals surface area contributed by atoms with E-state index in [4.69, 9.17) is 4.74 Å². The molecule has 2 N–H and O–H groups in total. The van der Waals surface area contributed by atoms with E-state index in [1.165, 1.54) is 5.56 Å². The molecule has 3 aromatic carbocycles. The van der Waals surface area contributed by atoms with Crippen molar-refractivity contribution in [3.05, 3.63) is 88.5 Å². The average molecular weight is 528 g/mol. The molecule has 204 valence electrons. The summed E-state index contributed by atoms with van der Waals surface area (Å²) in [5, 5.41) is 5.90. The number of aryl methyl sites for hydroxylation is 3. The van der Waals surface area contributed by atoms with Gasteiger partial charge in [-0.25, -0.2) is 0 Å². The first-order valence-electron chi connectivity index (χ1n) is 13.4. The van der Waals surface area contributed by atoms with Gasteiger partial charge in [0.25, 0.3) is 5.91 Å². The number of rotatable bonds is 9. The standard InChI is InChI=1S/C32H37N3O4/c1-20(2)25-8-6-24(7-9-25)17-33-32(38)26-16-30(37)35(18-26)27-10-12-28(13-11-27)39-19-29(36)34-31-22(4)14-21(3)15-23(31)5/h6-15,20,26H,16-19H2,1-5H3,(H,33,38)(H,34,36)/t26-/m1/s1. The second kappa shape index (κ2) is 12.2. The lowest BCUT2D eigenvalue weighted by atomic mass is 10.0. The Balaban J connectivity index is 1.27. The molecule has 3 amide bonds. The van der Waals surface area contributed by atoms with Crippen LogP contribution in [-0.4, -0.2) is 30.9 Å². The zero-order chi connectivity index (χ0) is 28.1. The lowest BCUT2D eigenvalue weighted by Gasteiger charge is -2.17. The number of amides is 3. The van der Waals surface area contributed by atoms with Crippen molar-refractivity contribution >= 4 is 29.1 Å². The van der Waals surface area contributed by atoms with Crippen LogP contribution in [0.1, 0.15) is 54.0 Å². The van der Waals surface area contributed by atoms with Gasteiger partial charge in [-0.15, -0.1) is 0 Å². The molecule has 1 atom stereocenters. The largest absolute Gasteiger partial charge is 0.484 e. The Labute approximate surface area is 230 Å². The Morgan fingerprint density at radius 2 is 1.62 bits per heavy atom. The van der Waals surface area contributed by atoms with Crippen LogP contribution in [0, 0.1) is 26.7 Å². The summed E-state index contributed by atoms with van der Waals surface area (Å²) in [6.07, 6.45) is 0.175. The van der Waals surface area contributed by atoms with Gasteiger partial charge in [-0.2, -0.15) is 0 Å². The molecular formula is C32H37N3O4. The summed E-state index contributed by atoms with van der Waals surface area (Å²) in [5.41, 5.74) is 6.95. The predicted molar refractivity (Wildman–Crippen MR) is 154 cm³/mol. The molecule has 0 aromatic heterocycles. The van der Waals surface area contributed by atoms with Crippen molar-refractivity contribution in [2.24, 2.45) is 5.92 Å². The molecule has 0 radical (unpaired) electrons. The monoisotopic (exact) mass is 527 g/mol. The summed E-state index contributed by atoms with van der Waals surface area (Å²) >= 11 is 0. The lowest BCUT2D eigenvalue weighted by molar-refractivity contribution is -0.126. The highest BCUT2D eigenvalue weighted by Crippen LogP contribution is 2.27. The second-order valence-electron chi connectivity index (χ2n) is 10.6. The summed E-state index contributed by atoms with van der Waals surface area (Å²) < 4.78 is 5.66. The van der Waals surface area contributed by atoms with Gasteiger partial charge in [-0.05, 0) is 73.2 Å². The fraction of sp³-hybridized carbons (Fsp3) is 0.344. The molecule has 0 aliphatic carbocycles. The van der Waals surface area contributed by atoms with Crippen molar-refractivity contribution in [1.82, 2.24) is 5.32 Å². The maximum atomic E-state index is 12.8. The molecule has 1 aliphatic rings. The molecular weight excluding hydrogens is 490 g/mol. The molecule has 1 heterocycles. The van der Waals surface area contributed by atoms with Gasteiger partial charge >= 0.3 is 0 Å². The van der Waals surface area contributed by atoms with Gasteiger partial charge in [-0.3, -0.25) is 14.4 Å². The Hall–Kier alpha value is -4.13. The Morgan fingerprint density at radius 1 is 0.974 bits per heavy atom. The van der Waals surface area contributed by atoms with Gasteiger partial charge < -0.3 is 20.3 Å². The summed E-state index contributed by atoms with van der Waals surface area (Å²) in [6.45, 7) is 10.9. The first kappa shape index (κ1) is 27.9. The highest BCUT2D eigenvalue weighted by molar-refractivity contribution is 6.00. The number of hydrogen-bond acceptors (Lipinski definition) is 4. The highest BCUT2D eigenvalue weighted by atomic mass is 16.5. The van der Waals surface area contributed by atoms with Crippen molar-refractivity contribution in [1.29, 1.82) is 0 Å². The predicted octanol–water partition coefficient (Wildman–Crippen LogP) is 5.42. The van der Waals surface area contributed by atoms with Gasteiger partial charge in [0, 0.05) is 30.9 Å². The van der Waals surface area contributed by atoms with Crippen molar-refractivity contribution < 1.29 is 19.1 Å². The van der Waals surface area contributed by atoms with Crippen LogP contribution >= 0.6 is 0 Å². The molecule has 0 spiro atoms. The lowest BCUT2D eigenvalue weighted by Crippen LogP contribution is -2.32. The Morgan fingerprint density at radius 3 is 2.23 bits per heavy atom. The van der Waals surface area contributed by atoms with E-state index in [2.05, 4.69) is 36.6 Å². The summed E-state index contributed by atoms with van der Waals surface area (Å²) in [5.74, 6) is 0.129. The number of nitrogens with one attached hydrogen (secondary N) is 2. The van der Waals surface area contributed by atoms with Gasteiger partial charge in [0.2, 0.25) is 11.8 Å². The molecule has 1 saturated heterocycles. The van der Waals surface area contributed by atoms with Crippen LogP contribution in [0.5, 0.6) is 5.75 Å². The summed E-state index contributed by atoms with van der Waals surface area (Å²) in [7, 11) is 0. The van der Waals surface area contributed by atoms with E-state index in [9.17, 15) is 14.4 Å². The normalized spacial score (nSPS) is 15.0. The Kier molecular flexibility index (Phi) is 8.69. The van der Waals surface area contributed by atoms with Crippen molar-refractivity contribution in [2.45, 2.75) is 53.5 Å². The molecule has 1 fully saturated rings. The molecule has 0 bridgehead atoms. The Bertz CT molecular complexity index is 1320. The number of carbonyl (C=O) groups is 3. The number of nitrogens with zero attached hydrogens (tertiary/aromatic N) is 1. The number of ether oxygens (including phenoxy) is 1. The molecule has 7 heteroatoms. The van der Waals surface area contributed by atoms with Crippen LogP contribution in [0.25, 0.3) is 0 Å². The van der Waals surface area contributed by atoms with Gasteiger partial charge in [-0.1, -0.05) is 55.8 Å². The third kappa shape index (κ3) is 7.05. The maximum absolute atomic E-state index is 12.8. The minimum absolute atomic E-state index is 0.0895. The number of hydrogen-bond donors (Lipinski definition) is 2. The molecule has 0 unspecified atom stereocenters. The van der Waals surface area contributed by atoms with E-state index in [-0.39, 0.29) is 30.7 Å². The quantitative estimate of drug-likeness (QED) is 0.389. The van der Waals surface area contributed by atoms with E-state index < -0.39 is 5.92 Å². The van der Waals surface area contributed by atoms with Crippen LogP contribution in [-0.2, 0) is 20.9 Å². The smallest absolute Gasteiger partial charge is 0.262 e. The van der Waals surface area contributed by atoms with Gasteiger partial charge in [0.15, 0.2) is 6.61 Å². The number of benzene rings is 3. The van der Waals surface area contributed by atoms with Crippen LogP contribution in [0.4, 0.5) is 11.4 Å². The molecule has 4 rings (SSSR count). The zero-order valence-corrected chi connectivity index (χ0v) is 23.3. The minimum atomic E-state index is -0.402. The fourth-order valence-electron chi connectivity index (χ4n) is 4.91. The highest BCUT2D eigenvalue weighted by Gasteiger charge is 2.35. The van der Waals surface area contributed by atoms with Crippen LogP contribution in [0.3, 0.4) is 0 Å². The molecule has 7 nitrogen and oxygen atoms in total. The van der Waals surface area contributed by atoms with Crippen LogP contribution < -0.4 is 20.3 Å². The second-order valence-corrected chi connectivity index (χ2v) is 10.6. The first-order valence-corrected chi connectivity index (χ1v) is 13.4. The van der Waals surface area contributed by atoms with Crippen molar-refractivity contribution in [2.75, 3.05) is 23.4 Å². The third-order valence-electron chi connectivity index (χ3n) is 7.07. The molecule has 1 aliphatic heterocycles. The third-order valence-corrected chi connectivity index (χ3v) is 7.07. The minimum Gasteiger partial charge on any atom is -0.484 e. The zero-order valence-electron chi connectivity index (χ0n) is 23.3. The van der Waals surface area contributed by atoms with Crippen molar-refractivity contribution in [3.8, 4) is 5.75 Å². The van der Waals surface area contributed by atoms with E-state index in [1.807, 2.05) is 45.0 Å². The molecule has 0 saturated carbocycles. The fourth-order valence-corrected chi connectivity index (χ4v) is 4.91. The molecule has 3 aromatic rings. The first-order chi connectivity index (χ1) is 18.6. The summed E-state index contributed by atoms with van der Waals surface area (Å²) in [4.78, 5) is 39.5. The number of carbonyl (C=O) groups excluding carboxylic acids is 3. The van der Waals surface area contributed by atoms with Crippen molar-refractivity contribution in [3.63, 3.8) is 0 Å². The average Bonchev–Trinajstić information content (AvgIpc) is 3.30. The SMILES string of the molecule is Cc1cc(C)c(NC(=O)COc2ccc(N3C[C@H](C(=O)NCc4ccc(C(C)C)cc4)CC3=O)cc2)c(C)c1. The molecule has 39 heavy (non-hydrogen) atoms. The summed E-state index contributed by atoms with van der Waals surface area (Å²) in [6, 6.07) is 19.3. The van der Waals surface area contributed by atoms with Crippen LogP contribution in [0.15, 0.2) is 60.7 Å².